The SMILES string of the molecule is CC1(F)CNCCN1Cc1ccccc1. The minimum Gasteiger partial charge on any atom is -0.311 e. The molecule has 0 aromatic heterocycles. The molecule has 0 spiro atoms. The predicted octanol–water partition coefficient (Wildman–Crippen LogP) is 1.78. The first-order valence-electron chi connectivity index (χ1n) is 5.37. The van der Waals surface area contributed by atoms with Gasteiger partial charge in [-0.1, -0.05) is 30.3 Å². The maximum Gasteiger partial charge on any atom is 0.174 e. The van der Waals surface area contributed by atoms with Crippen LogP contribution in [0.25, 0.3) is 0 Å². The smallest absolute Gasteiger partial charge is 0.174 e. The molecule has 1 aliphatic rings. The van der Waals surface area contributed by atoms with Crippen LogP contribution < -0.4 is 5.32 Å². The molecule has 1 N–H and O–H groups in total. The highest BCUT2D eigenvalue weighted by atomic mass is 19.1. The van der Waals surface area contributed by atoms with Crippen molar-refractivity contribution in [3.8, 4) is 0 Å². The molecule has 2 nitrogen and oxygen atoms in total. The maximum atomic E-state index is 14.1. The van der Waals surface area contributed by atoms with E-state index >= 15 is 0 Å². The van der Waals surface area contributed by atoms with Crippen molar-refractivity contribution < 1.29 is 4.39 Å². The van der Waals surface area contributed by atoms with Crippen LogP contribution in [-0.2, 0) is 6.54 Å². The average Bonchev–Trinajstić information content (AvgIpc) is 2.23. The molecule has 1 unspecified atom stereocenters. The van der Waals surface area contributed by atoms with Crippen molar-refractivity contribution in [1.82, 2.24) is 10.2 Å². The van der Waals surface area contributed by atoms with Gasteiger partial charge in [-0.05, 0) is 12.5 Å². The van der Waals surface area contributed by atoms with Crippen LogP contribution in [0, 0.1) is 0 Å². The van der Waals surface area contributed by atoms with Gasteiger partial charge in [0.1, 0.15) is 0 Å². The Balaban J connectivity index is 2.05. The Morgan fingerprint density at radius 2 is 2.13 bits per heavy atom. The summed E-state index contributed by atoms with van der Waals surface area (Å²) < 4.78 is 14.1. The summed E-state index contributed by atoms with van der Waals surface area (Å²) in [7, 11) is 0. The summed E-state index contributed by atoms with van der Waals surface area (Å²) in [5.41, 5.74) is 1.17. The third kappa shape index (κ3) is 2.55. The van der Waals surface area contributed by atoms with Crippen LogP contribution in [0.3, 0.4) is 0 Å². The summed E-state index contributed by atoms with van der Waals surface area (Å²) in [5, 5.41) is 3.07. The molecule has 0 saturated carbocycles. The molecule has 1 heterocycles. The highest BCUT2D eigenvalue weighted by Crippen LogP contribution is 2.21. The van der Waals surface area contributed by atoms with Crippen molar-refractivity contribution >= 4 is 0 Å². The molecular formula is C12H17FN2. The fraction of sp³-hybridized carbons (Fsp3) is 0.500. The molecule has 3 heteroatoms. The highest BCUT2D eigenvalue weighted by molar-refractivity contribution is 5.14. The summed E-state index contributed by atoms with van der Waals surface area (Å²) in [6, 6.07) is 10.0. The van der Waals surface area contributed by atoms with E-state index in [1.807, 2.05) is 35.2 Å². The normalized spacial score (nSPS) is 27.9. The van der Waals surface area contributed by atoms with Gasteiger partial charge in [-0.2, -0.15) is 0 Å². The van der Waals surface area contributed by atoms with Crippen molar-refractivity contribution in [2.24, 2.45) is 0 Å². The Hall–Kier alpha value is -0.930. The number of hydrogen-bond donors (Lipinski definition) is 1. The summed E-state index contributed by atoms with van der Waals surface area (Å²) in [6.45, 7) is 4.38. The molecule has 1 aromatic rings. The minimum absolute atomic E-state index is 0.417. The van der Waals surface area contributed by atoms with Gasteiger partial charge in [-0.3, -0.25) is 4.90 Å². The first kappa shape index (κ1) is 10.6. The van der Waals surface area contributed by atoms with E-state index in [0.717, 1.165) is 13.1 Å². The van der Waals surface area contributed by atoms with Gasteiger partial charge in [0.25, 0.3) is 0 Å². The maximum absolute atomic E-state index is 14.1. The number of rotatable bonds is 2. The van der Waals surface area contributed by atoms with Crippen LogP contribution >= 0.6 is 0 Å². The lowest BCUT2D eigenvalue weighted by molar-refractivity contribution is -0.0422. The quantitative estimate of drug-likeness (QED) is 0.745. The molecule has 0 radical (unpaired) electrons. The fourth-order valence-electron chi connectivity index (χ4n) is 1.92. The topological polar surface area (TPSA) is 15.3 Å². The lowest BCUT2D eigenvalue weighted by Gasteiger charge is -2.39. The van der Waals surface area contributed by atoms with E-state index in [4.69, 9.17) is 0 Å². The van der Waals surface area contributed by atoms with Crippen LogP contribution in [0.5, 0.6) is 0 Å². The van der Waals surface area contributed by atoms with Gasteiger partial charge in [0.05, 0.1) is 0 Å². The van der Waals surface area contributed by atoms with Crippen LogP contribution in [0.2, 0.25) is 0 Å². The van der Waals surface area contributed by atoms with Crippen LogP contribution in [0.1, 0.15) is 12.5 Å². The van der Waals surface area contributed by atoms with Crippen LogP contribution in [-0.4, -0.2) is 30.3 Å². The Kier molecular flexibility index (Phi) is 3.03. The third-order valence-electron chi connectivity index (χ3n) is 2.88. The van der Waals surface area contributed by atoms with E-state index in [9.17, 15) is 4.39 Å². The lowest BCUT2D eigenvalue weighted by atomic mass is 10.1. The van der Waals surface area contributed by atoms with Crippen molar-refractivity contribution in [1.29, 1.82) is 0 Å². The Morgan fingerprint density at radius 1 is 1.40 bits per heavy atom. The van der Waals surface area contributed by atoms with Crippen molar-refractivity contribution in [2.45, 2.75) is 19.3 Å². The van der Waals surface area contributed by atoms with Gasteiger partial charge in [0.2, 0.25) is 0 Å². The molecule has 0 amide bonds. The van der Waals surface area contributed by atoms with Gasteiger partial charge in [-0.15, -0.1) is 0 Å². The molecule has 1 fully saturated rings. The summed E-state index contributed by atoms with van der Waals surface area (Å²) in [6.07, 6.45) is 0. The minimum atomic E-state index is -1.23. The predicted molar refractivity (Wildman–Crippen MR) is 59.2 cm³/mol. The van der Waals surface area contributed by atoms with Gasteiger partial charge >= 0.3 is 0 Å². The number of nitrogens with zero attached hydrogens (tertiary/aromatic N) is 1. The number of piperazine rings is 1. The average molecular weight is 208 g/mol. The Bertz CT molecular complexity index is 311. The van der Waals surface area contributed by atoms with Crippen LogP contribution in [0.4, 0.5) is 4.39 Å². The van der Waals surface area contributed by atoms with Gasteiger partial charge in [-0.25, -0.2) is 4.39 Å². The van der Waals surface area contributed by atoms with Crippen molar-refractivity contribution in [2.75, 3.05) is 19.6 Å². The molecular weight excluding hydrogens is 191 g/mol. The number of benzene rings is 1. The Morgan fingerprint density at radius 3 is 2.80 bits per heavy atom. The first-order valence-corrected chi connectivity index (χ1v) is 5.37. The largest absolute Gasteiger partial charge is 0.311 e. The summed E-state index contributed by atoms with van der Waals surface area (Å²) >= 11 is 0. The lowest BCUT2D eigenvalue weighted by Crippen LogP contribution is -2.56. The second-order valence-corrected chi connectivity index (χ2v) is 4.23. The Labute approximate surface area is 90.1 Å². The molecule has 15 heavy (non-hydrogen) atoms. The molecule has 1 saturated heterocycles. The van der Waals surface area contributed by atoms with Gasteiger partial charge < -0.3 is 5.32 Å². The van der Waals surface area contributed by atoms with E-state index in [1.54, 1.807) is 6.92 Å². The second-order valence-electron chi connectivity index (χ2n) is 4.23. The van der Waals surface area contributed by atoms with E-state index in [1.165, 1.54) is 5.56 Å². The molecule has 1 aliphatic heterocycles. The van der Waals surface area contributed by atoms with Crippen molar-refractivity contribution in [3.05, 3.63) is 35.9 Å². The standard InChI is InChI=1S/C12H17FN2/c1-12(13)10-14-7-8-15(12)9-11-5-3-2-4-6-11/h2-6,14H,7-10H2,1H3. The summed E-state index contributed by atoms with van der Waals surface area (Å²) in [5.74, 6) is -1.23. The van der Waals surface area contributed by atoms with Gasteiger partial charge in [0, 0.05) is 26.2 Å². The molecule has 0 bridgehead atoms. The first-order chi connectivity index (χ1) is 7.18. The number of hydrogen-bond acceptors (Lipinski definition) is 2. The third-order valence-corrected chi connectivity index (χ3v) is 2.88. The number of nitrogens with one attached hydrogen (secondary N) is 1. The number of halogens is 1. The second kappa shape index (κ2) is 4.29. The highest BCUT2D eigenvalue weighted by Gasteiger charge is 2.33. The zero-order chi connectivity index (χ0) is 10.7. The molecule has 1 atom stereocenters. The summed E-state index contributed by atoms with van der Waals surface area (Å²) in [4.78, 5) is 1.89. The van der Waals surface area contributed by atoms with Crippen LogP contribution in [0.15, 0.2) is 30.3 Å². The molecule has 1 aromatic carbocycles. The number of alkyl halides is 1. The monoisotopic (exact) mass is 208 g/mol. The zero-order valence-corrected chi connectivity index (χ0v) is 9.04. The van der Waals surface area contributed by atoms with E-state index in [2.05, 4.69) is 5.32 Å². The van der Waals surface area contributed by atoms with Gasteiger partial charge in [0.15, 0.2) is 5.79 Å². The zero-order valence-electron chi connectivity index (χ0n) is 9.04. The van der Waals surface area contributed by atoms with Crippen molar-refractivity contribution in [3.63, 3.8) is 0 Å². The van der Waals surface area contributed by atoms with E-state index in [-0.39, 0.29) is 0 Å². The molecule has 2 rings (SSSR count). The molecule has 82 valence electrons. The van der Waals surface area contributed by atoms with E-state index in [0.29, 0.717) is 13.1 Å². The fourth-order valence-corrected chi connectivity index (χ4v) is 1.92. The van der Waals surface area contributed by atoms with E-state index < -0.39 is 5.79 Å². The molecule has 0 aliphatic carbocycles.